The number of hydrogen-bond acceptors (Lipinski definition) is 3. The lowest BCUT2D eigenvalue weighted by molar-refractivity contribution is -0.120. The summed E-state index contributed by atoms with van der Waals surface area (Å²) in [5.41, 5.74) is 2.03. The number of carbonyl (C=O) groups is 1. The highest BCUT2D eigenvalue weighted by Gasteiger charge is 2.07. The van der Waals surface area contributed by atoms with Crippen LogP contribution in [0.2, 0.25) is 0 Å². The molecule has 0 fully saturated rings. The van der Waals surface area contributed by atoms with Crippen molar-refractivity contribution in [3.05, 3.63) is 77.8 Å². The Morgan fingerprint density at radius 3 is 2.81 bits per heavy atom. The van der Waals surface area contributed by atoms with E-state index in [1.165, 1.54) is 0 Å². The van der Waals surface area contributed by atoms with Crippen LogP contribution in [0.3, 0.4) is 0 Å². The molecule has 2 aromatic carbocycles. The predicted octanol–water partition coefficient (Wildman–Crippen LogP) is 4.12. The van der Waals surface area contributed by atoms with Crippen LogP contribution in [0.15, 0.2) is 72.2 Å². The van der Waals surface area contributed by atoms with Gasteiger partial charge in [-0.3, -0.25) is 9.48 Å². The van der Waals surface area contributed by atoms with Gasteiger partial charge >= 0.3 is 0 Å². The number of rotatable bonds is 6. The van der Waals surface area contributed by atoms with Gasteiger partial charge in [0.05, 0.1) is 17.8 Å². The zero-order chi connectivity index (χ0) is 17.8. The van der Waals surface area contributed by atoms with Gasteiger partial charge in [0.2, 0.25) is 5.91 Å². The van der Waals surface area contributed by atoms with Gasteiger partial charge in [-0.05, 0) is 33.8 Å². The fourth-order valence-corrected chi connectivity index (χ4v) is 3.72. The molecule has 0 saturated carbocycles. The molecule has 0 spiro atoms. The topological polar surface area (TPSA) is 46.9 Å². The molecule has 4 aromatic rings. The lowest BCUT2D eigenvalue weighted by Gasteiger charge is -2.08. The number of amides is 1. The molecular weight excluding hydrogens is 342 g/mol. The number of nitrogens with zero attached hydrogens (tertiary/aromatic N) is 2. The summed E-state index contributed by atoms with van der Waals surface area (Å²) in [6, 6.07) is 20.3. The van der Waals surface area contributed by atoms with E-state index < -0.39 is 0 Å². The SMILES string of the molecule is O=C(Cc1cccc2ccccc12)NCCn1ccc(-c2cccs2)n1. The molecule has 130 valence electrons. The maximum absolute atomic E-state index is 12.3. The van der Waals surface area contributed by atoms with Crippen molar-refractivity contribution in [1.82, 2.24) is 15.1 Å². The number of nitrogens with one attached hydrogen (secondary N) is 1. The summed E-state index contributed by atoms with van der Waals surface area (Å²) in [6.45, 7) is 1.22. The van der Waals surface area contributed by atoms with Crippen LogP contribution >= 0.6 is 11.3 Å². The predicted molar refractivity (Wildman–Crippen MR) is 106 cm³/mol. The van der Waals surface area contributed by atoms with Crippen molar-refractivity contribution in [2.45, 2.75) is 13.0 Å². The Morgan fingerprint density at radius 2 is 1.92 bits per heavy atom. The smallest absolute Gasteiger partial charge is 0.224 e. The summed E-state index contributed by atoms with van der Waals surface area (Å²) >= 11 is 1.67. The van der Waals surface area contributed by atoms with Crippen LogP contribution in [0, 0.1) is 0 Å². The fraction of sp³-hybridized carbons (Fsp3) is 0.143. The van der Waals surface area contributed by atoms with Gasteiger partial charge in [-0.2, -0.15) is 5.10 Å². The Kier molecular flexibility index (Phi) is 4.80. The average Bonchev–Trinajstić information content (AvgIpc) is 3.34. The van der Waals surface area contributed by atoms with E-state index in [1.807, 2.05) is 52.7 Å². The molecule has 0 radical (unpaired) electrons. The number of thiophene rings is 1. The van der Waals surface area contributed by atoms with Gasteiger partial charge in [0.1, 0.15) is 5.69 Å². The normalized spacial score (nSPS) is 10.9. The molecule has 4 rings (SSSR count). The maximum Gasteiger partial charge on any atom is 0.224 e. The van der Waals surface area contributed by atoms with E-state index >= 15 is 0 Å². The lowest BCUT2D eigenvalue weighted by Crippen LogP contribution is -2.28. The molecule has 1 N–H and O–H groups in total. The molecule has 4 nitrogen and oxygen atoms in total. The quantitative estimate of drug-likeness (QED) is 0.561. The molecule has 0 unspecified atom stereocenters. The first-order valence-electron chi connectivity index (χ1n) is 8.60. The van der Waals surface area contributed by atoms with E-state index in [2.05, 4.69) is 34.7 Å². The third kappa shape index (κ3) is 3.68. The van der Waals surface area contributed by atoms with E-state index in [1.54, 1.807) is 11.3 Å². The molecule has 2 heterocycles. The second-order valence-corrected chi connectivity index (χ2v) is 7.05. The molecule has 0 bridgehead atoms. The van der Waals surface area contributed by atoms with Gasteiger partial charge in [0, 0.05) is 12.7 Å². The first-order valence-corrected chi connectivity index (χ1v) is 9.48. The molecule has 0 aliphatic heterocycles. The van der Waals surface area contributed by atoms with Crippen LogP contribution in [0.5, 0.6) is 0 Å². The molecule has 0 aliphatic carbocycles. The van der Waals surface area contributed by atoms with Gasteiger partial charge < -0.3 is 5.32 Å². The second kappa shape index (κ2) is 7.54. The highest BCUT2D eigenvalue weighted by atomic mass is 32.1. The van der Waals surface area contributed by atoms with Gasteiger partial charge in [-0.1, -0.05) is 48.5 Å². The van der Waals surface area contributed by atoms with Crippen LogP contribution in [0.25, 0.3) is 21.3 Å². The van der Waals surface area contributed by atoms with Crippen molar-refractivity contribution in [1.29, 1.82) is 0 Å². The van der Waals surface area contributed by atoms with Crippen LogP contribution < -0.4 is 5.32 Å². The molecular formula is C21H19N3OS. The summed E-state index contributed by atoms with van der Waals surface area (Å²) in [7, 11) is 0. The standard InChI is InChI=1S/C21H19N3OS/c25-21(15-17-7-3-6-16-5-1-2-8-18(16)17)22-11-13-24-12-10-19(23-24)20-9-4-14-26-20/h1-10,12,14H,11,13,15H2,(H,22,25). The highest BCUT2D eigenvalue weighted by Crippen LogP contribution is 2.22. The zero-order valence-corrected chi connectivity index (χ0v) is 15.1. The van der Waals surface area contributed by atoms with Gasteiger partial charge in [0.25, 0.3) is 0 Å². The fourth-order valence-electron chi connectivity index (χ4n) is 3.03. The van der Waals surface area contributed by atoms with E-state index in [4.69, 9.17) is 0 Å². The Morgan fingerprint density at radius 1 is 1.04 bits per heavy atom. The Hall–Kier alpha value is -2.92. The maximum atomic E-state index is 12.3. The van der Waals surface area contributed by atoms with Crippen LogP contribution in [-0.4, -0.2) is 22.2 Å². The average molecular weight is 361 g/mol. The van der Waals surface area contributed by atoms with E-state index in [-0.39, 0.29) is 5.91 Å². The van der Waals surface area contributed by atoms with Crippen molar-refractivity contribution >= 4 is 28.0 Å². The summed E-state index contributed by atoms with van der Waals surface area (Å²) in [6.07, 6.45) is 2.34. The number of hydrogen-bond donors (Lipinski definition) is 1. The molecule has 2 aromatic heterocycles. The minimum atomic E-state index is 0.0342. The minimum absolute atomic E-state index is 0.0342. The Balaban J connectivity index is 1.33. The van der Waals surface area contributed by atoms with E-state index in [0.29, 0.717) is 19.5 Å². The monoisotopic (exact) mass is 361 g/mol. The van der Waals surface area contributed by atoms with Crippen molar-refractivity contribution < 1.29 is 4.79 Å². The van der Waals surface area contributed by atoms with Gasteiger partial charge in [0.15, 0.2) is 0 Å². The lowest BCUT2D eigenvalue weighted by atomic mass is 10.0. The molecule has 5 heteroatoms. The third-order valence-electron chi connectivity index (χ3n) is 4.31. The van der Waals surface area contributed by atoms with Crippen molar-refractivity contribution in [2.24, 2.45) is 0 Å². The van der Waals surface area contributed by atoms with Crippen LogP contribution in [-0.2, 0) is 17.8 Å². The first kappa shape index (κ1) is 16.5. The summed E-state index contributed by atoms with van der Waals surface area (Å²) in [5, 5.41) is 11.9. The van der Waals surface area contributed by atoms with Crippen molar-refractivity contribution in [3.8, 4) is 10.6 Å². The number of fused-ring (bicyclic) bond motifs is 1. The Labute approximate surface area is 156 Å². The van der Waals surface area contributed by atoms with E-state index in [9.17, 15) is 4.79 Å². The van der Waals surface area contributed by atoms with Crippen LogP contribution in [0.1, 0.15) is 5.56 Å². The van der Waals surface area contributed by atoms with Crippen LogP contribution in [0.4, 0.5) is 0 Å². The number of benzene rings is 2. The van der Waals surface area contributed by atoms with Gasteiger partial charge in [-0.25, -0.2) is 0 Å². The first-order chi connectivity index (χ1) is 12.8. The second-order valence-electron chi connectivity index (χ2n) is 6.11. The Bertz CT molecular complexity index is 1020. The molecule has 0 saturated heterocycles. The number of carbonyl (C=O) groups excluding carboxylic acids is 1. The highest BCUT2D eigenvalue weighted by molar-refractivity contribution is 7.13. The summed E-state index contributed by atoms with van der Waals surface area (Å²) in [5.74, 6) is 0.0342. The van der Waals surface area contributed by atoms with Crippen molar-refractivity contribution in [2.75, 3.05) is 6.54 Å². The van der Waals surface area contributed by atoms with E-state index in [0.717, 1.165) is 26.9 Å². The largest absolute Gasteiger partial charge is 0.354 e. The third-order valence-corrected chi connectivity index (χ3v) is 5.20. The molecule has 1 amide bonds. The number of aromatic nitrogens is 2. The summed E-state index contributed by atoms with van der Waals surface area (Å²) < 4.78 is 1.87. The summed E-state index contributed by atoms with van der Waals surface area (Å²) in [4.78, 5) is 13.5. The minimum Gasteiger partial charge on any atom is -0.354 e. The molecule has 0 aliphatic rings. The zero-order valence-electron chi connectivity index (χ0n) is 14.3. The molecule has 0 atom stereocenters. The molecule has 26 heavy (non-hydrogen) atoms. The van der Waals surface area contributed by atoms with Gasteiger partial charge in [-0.15, -0.1) is 11.3 Å². The van der Waals surface area contributed by atoms with Crippen molar-refractivity contribution in [3.63, 3.8) is 0 Å².